The zero-order valence-electron chi connectivity index (χ0n) is 17.2. The summed E-state index contributed by atoms with van der Waals surface area (Å²) in [5.41, 5.74) is 1.17. The summed E-state index contributed by atoms with van der Waals surface area (Å²) in [5, 5.41) is 4.92. The van der Waals surface area contributed by atoms with Gasteiger partial charge in [0.15, 0.2) is 5.75 Å². The lowest BCUT2D eigenvalue weighted by atomic mass is 9.77. The Morgan fingerprint density at radius 1 is 1.19 bits per heavy atom. The van der Waals surface area contributed by atoms with Crippen LogP contribution in [-0.2, 0) is 11.5 Å². The molecule has 0 amide bonds. The highest BCUT2D eigenvalue weighted by molar-refractivity contribution is 6.76. The van der Waals surface area contributed by atoms with Gasteiger partial charge < -0.3 is 14.4 Å². The van der Waals surface area contributed by atoms with Crippen molar-refractivity contribution in [3.05, 3.63) is 11.9 Å². The number of unbranched alkanes of at least 4 members (excludes halogenated alkanes) is 1. The third-order valence-electron chi connectivity index (χ3n) is 5.74. The molecule has 3 saturated heterocycles. The van der Waals surface area contributed by atoms with E-state index >= 15 is 0 Å². The van der Waals surface area contributed by atoms with E-state index in [1.807, 2.05) is 4.68 Å². The fourth-order valence-corrected chi connectivity index (χ4v) is 4.75. The van der Waals surface area contributed by atoms with E-state index in [1.54, 1.807) is 0 Å². The lowest BCUT2D eigenvalue weighted by Gasteiger charge is -2.44. The molecule has 4 rings (SSSR count). The minimum Gasteiger partial charge on any atom is -0.490 e. The molecule has 1 unspecified atom stereocenters. The second-order valence-corrected chi connectivity index (χ2v) is 14.8. The zero-order valence-corrected chi connectivity index (χ0v) is 18.2. The summed E-state index contributed by atoms with van der Waals surface area (Å²) in [5.74, 6) is 2.29. The number of nitrogens with zero attached hydrogens (tertiary/aromatic N) is 3. The van der Waals surface area contributed by atoms with Gasteiger partial charge in [-0.25, -0.2) is 4.68 Å². The highest BCUT2D eigenvalue weighted by atomic mass is 28.3. The van der Waals surface area contributed by atoms with Crippen LogP contribution in [0.2, 0.25) is 25.7 Å². The highest BCUT2D eigenvalue weighted by Crippen LogP contribution is 2.41. The molecule has 1 aromatic heterocycles. The summed E-state index contributed by atoms with van der Waals surface area (Å²) in [6.45, 7) is 15.2. The average Bonchev–Trinajstić information content (AvgIpc) is 3.02. The molecule has 1 aromatic rings. The van der Waals surface area contributed by atoms with Gasteiger partial charge in [0.25, 0.3) is 0 Å². The number of aromatic nitrogens is 2. The highest BCUT2D eigenvalue weighted by Gasteiger charge is 2.38. The molecular weight excluding hydrogens is 342 g/mol. The van der Waals surface area contributed by atoms with Gasteiger partial charge >= 0.3 is 0 Å². The molecule has 6 heteroatoms. The first-order chi connectivity index (χ1) is 12.5. The van der Waals surface area contributed by atoms with Crippen molar-refractivity contribution >= 4 is 8.07 Å². The Balaban J connectivity index is 1.65. The molecular formula is C20H37N3O2Si. The van der Waals surface area contributed by atoms with Gasteiger partial charge in [0, 0.05) is 27.1 Å². The third kappa shape index (κ3) is 5.33. The number of ether oxygens (including phenoxy) is 2. The fourth-order valence-electron chi connectivity index (χ4n) is 3.99. The molecule has 3 fully saturated rings. The van der Waals surface area contributed by atoms with Crippen LogP contribution < -0.4 is 4.74 Å². The van der Waals surface area contributed by atoms with Gasteiger partial charge in [-0.2, -0.15) is 5.10 Å². The molecule has 3 aliphatic rings. The summed E-state index contributed by atoms with van der Waals surface area (Å²) >= 11 is 0. The second-order valence-electron chi connectivity index (χ2n) is 9.21. The van der Waals surface area contributed by atoms with Crippen LogP contribution in [0, 0.1) is 5.92 Å². The molecule has 0 N–H and O–H groups in total. The van der Waals surface area contributed by atoms with Gasteiger partial charge in [-0.05, 0) is 44.3 Å². The molecule has 1 atom stereocenters. The monoisotopic (exact) mass is 379 g/mol. The Kier molecular flexibility index (Phi) is 6.80. The van der Waals surface area contributed by atoms with Gasteiger partial charge in [-0.1, -0.05) is 33.0 Å². The lowest BCUT2D eigenvalue weighted by Crippen LogP contribution is -2.46. The fraction of sp³-hybridized carbons (Fsp3) is 0.850. The van der Waals surface area contributed by atoms with Crippen molar-refractivity contribution in [2.75, 3.05) is 32.8 Å². The first kappa shape index (κ1) is 19.9. The molecule has 148 valence electrons. The predicted octanol–water partition coefficient (Wildman–Crippen LogP) is 4.18. The summed E-state index contributed by atoms with van der Waals surface area (Å²) in [6, 6.07) is 1.20. The number of hydrogen-bond donors (Lipinski definition) is 0. The summed E-state index contributed by atoms with van der Waals surface area (Å²) in [6.07, 6.45) is 6.93. The first-order valence-corrected chi connectivity index (χ1v) is 14.2. The van der Waals surface area contributed by atoms with Crippen LogP contribution in [0.25, 0.3) is 0 Å². The van der Waals surface area contributed by atoms with Crippen LogP contribution in [-0.4, -0.2) is 55.6 Å². The minimum atomic E-state index is -1.04. The maximum absolute atomic E-state index is 6.13. The van der Waals surface area contributed by atoms with Crippen molar-refractivity contribution in [2.24, 2.45) is 5.92 Å². The normalized spacial score (nSPS) is 25.6. The Hall–Kier alpha value is -0.853. The molecule has 0 radical (unpaired) electrons. The van der Waals surface area contributed by atoms with E-state index in [1.165, 1.54) is 37.7 Å². The molecule has 3 aliphatic heterocycles. The number of hydrogen-bond acceptors (Lipinski definition) is 4. The summed E-state index contributed by atoms with van der Waals surface area (Å²) in [4.78, 5) is 2.59. The van der Waals surface area contributed by atoms with Gasteiger partial charge in [0.05, 0.1) is 12.8 Å². The van der Waals surface area contributed by atoms with Gasteiger partial charge in [0.2, 0.25) is 0 Å². The van der Waals surface area contributed by atoms with E-state index in [-0.39, 0.29) is 0 Å². The van der Waals surface area contributed by atoms with Crippen LogP contribution in [0.3, 0.4) is 0 Å². The average molecular weight is 380 g/mol. The minimum absolute atomic E-state index is 0.525. The zero-order chi connectivity index (χ0) is 18.6. The molecule has 4 heterocycles. The Labute approximate surface area is 160 Å². The van der Waals surface area contributed by atoms with Crippen LogP contribution in [0.5, 0.6) is 5.75 Å². The first-order valence-electron chi connectivity index (χ1n) is 10.5. The number of fused-ring (bicyclic) bond motifs is 3. The van der Waals surface area contributed by atoms with E-state index in [4.69, 9.17) is 14.6 Å². The molecule has 0 saturated carbocycles. The van der Waals surface area contributed by atoms with Gasteiger partial charge in [0.1, 0.15) is 12.4 Å². The standard InChI is InChI=1S/C20H37N3O2Si/c1-5-6-11-25-19-15-23(16-24-12-13-26(2,3)4)21-20(19)18-14-22-9-7-17(18)8-10-22/h15,17-18H,5-14,16H2,1-4H3. The van der Waals surface area contributed by atoms with Crippen LogP contribution in [0.15, 0.2) is 6.20 Å². The molecule has 0 aromatic carbocycles. The molecule has 0 aliphatic carbocycles. The van der Waals surface area contributed by atoms with Crippen LogP contribution >= 0.6 is 0 Å². The Bertz CT molecular complexity index is 562. The molecule has 0 spiro atoms. The van der Waals surface area contributed by atoms with Gasteiger partial charge in [-0.15, -0.1) is 0 Å². The van der Waals surface area contributed by atoms with E-state index in [2.05, 4.69) is 37.7 Å². The van der Waals surface area contributed by atoms with Crippen LogP contribution in [0.4, 0.5) is 0 Å². The largest absolute Gasteiger partial charge is 0.490 e. The second kappa shape index (κ2) is 8.89. The lowest BCUT2D eigenvalue weighted by molar-refractivity contribution is 0.0731. The summed E-state index contributed by atoms with van der Waals surface area (Å²) < 4.78 is 14.0. The number of piperidine rings is 3. The predicted molar refractivity (Wildman–Crippen MR) is 109 cm³/mol. The van der Waals surface area contributed by atoms with Crippen molar-refractivity contribution in [1.82, 2.24) is 14.7 Å². The quantitative estimate of drug-likeness (QED) is 0.451. The third-order valence-corrected chi connectivity index (χ3v) is 7.44. The molecule has 2 bridgehead atoms. The van der Waals surface area contributed by atoms with Crippen molar-refractivity contribution in [1.29, 1.82) is 0 Å². The SMILES string of the molecule is CCCCOc1cn(COCC[Si](C)(C)C)nc1C1CN2CCC1CC2. The smallest absolute Gasteiger partial charge is 0.160 e. The molecule has 26 heavy (non-hydrogen) atoms. The Morgan fingerprint density at radius 2 is 1.96 bits per heavy atom. The van der Waals surface area contributed by atoms with E-state index < -0.39 is 8.07 Å². The van der Waals surface area contributed by atoms with Crippen molar-refractivity contribution in [3.8, 4) is 5.75 Å². The number of rotatable bonds is 10. The van der Waals surface area contributed by atoms with Crippen molar-refractivity contribution in [2.45, 2.75) is 70.9 Å². The summed E-state index contributed by atoms with van der Waals surface area (Å²) in [7, 11) is -1.04. The van der Waals surface area contributed by atoms with E-state index in [9.17, 15) is 0 Å². The maximum atomic E-state index is 6.13. The van der Waals surface area contributed by atoms with Crippen molar-refractivity contribution < 1.29 is 9.47 Å². The van der Waals surface area contributed by atoms with E-state index in [0.29, 0.717) is 12.6 Å². The van der Waals surface area contributed by atoms with Gasteiger partial charge in [-0.3, -0.25) is 0 Å². The van der Waals surface area contributed by atoms with E-state index in [0.717, 1.165) is 44.3 Å². The topological polar surface area (TPSA) is 39.5 Å². The Morgan fingerprint density at radius 3 is 2.58 bits per heavy atom. The maximum Gasteiger partial charge on any atom is 0.160 e. The van der Waals surface area contributed by atoms with Crippen molar-refractivity contribution in [3.63, 3.8) is 0 Å². The van der Waals surface area contributed by atoms with Crippen LogP contribution in [0.1, 0.15) is 44.2 Å². The molecule has 5 nitrogen and oxygen atoms in total.